The van der Waals surface area contributed by atoms with Crippen molar-refractivity contribution in [3.63, 3.8) is 0 Å². The monoisotopic (exact) mass is 363 g/mol. The van der Waals surface area contributed by atoms with E-state index in [0.29, 0.717) is 22.7 Å². The third-order valence-corrected chi connectivity index (χ3v) is 4.33. The second-order valence-corrected chi connectivity index (χ2v) is 6.24. The van der Waals surface area contributed by atoms with Gasteiger partial charge in [0.25, 0.3) is 5.91 Å². The first-order valence-electron chi connectivity index (χ1n) is 7.31. The molecule has 3 rings (SSSR count). The number of aliphatic hydroxyl groups excluding tert-OH is 1. The van der Waals surface area contributed by atoms with E-state index in [0.717, 1.165) is 0 Å². The fraction of sp³-hybridized carbons (Fsp3) is 0.176. The summed E-state index contributed by atoms with van der Waals surface area (Å²) in [6.45, 7) is 3.48. The second-order valence-electron chi connectivity index (χ2n) is 5.42. The van der Waals surface area contributed by atoms with Gasteiger partial charge in [-0.25, -0.2) is 4.98 Å². The molecule has 7 heteroatoms. The van der Waals surface area contributed by atoms with Gasteiger partial charge in [-0.2, -0.15) is 0 Å². The van der Waals surface area contributed by atoms with Crippen LogP contribution in [-0.4, -0.2) is 20.4 Å². The van der Waals surface area contributed by atoms with Crippen LogP contribution in [-0.2, 0) is 0 Å². The van der Waals surface area contributed by atoms with Crippen LogP contribution in [0.1, 0.15) is 34.8 Å². The molecule has 1 aromatic carbocycles. The van der Waals surface area contributed by atoms with Crippen molar-refractivity contribution in [2.75, 3.05) is 5.32 Å². The zero-order valence-electron chi connectivity index (χ0n) is 13.0. The number of aryl methyl sites for hydroxylation is 1. The highest BCUT2D eigenvalue weighted by Crippen LogP contribution is 2.27. The van der Waals surface area contributed by atoms with Crippen LogP contribution in [0.25, 0.3) is 5.65 Å². The van der Waals surface area contributed by atoms with Crippen LogP contribution in [0.3, 0.4) is 0 Å². The van der Waals surface area contributed by atoms with Crippen molar-refractivity contribution in [2.24, 2.45) is 0 Å². The number of carbonyl (C=O) groups excluding carboxylic acids is 1. The van der Waals surface area contributed by atoms with Crippen LogP contribution in [0, 0.1) is 6.92 Å². The maximum Gasteiger partial charge on any atom is 0.258 e. The molecule has 0 fully saturated rings. The molecule has 24 heavy (non-hydrogen) atoms. The number of anilines is 1. The molecular weight excluding hydrogens is 349 g/mol. The molecule has 0 saturated carbocycles. The Labute approximate surface area is 148 Å². The van der Waals surface area contributed by atoms with Crippen LogP contribution in [0.15, 0.2) is 36.5 Å². The molecule has 1 amide bonds. The Kier molecular flexibility index (Phi) is 4.49. The zero-order valence-corrected chi connectivity index (χ0v) is 14.6. The van der Waals surface area contributed by atoms with Gasteiger partial charge >= 0.3 is 0 Å². The minimum Gasteiger partial charge on any atom is -0.387 e. The van der Waals surface area contributed by atoms with Crippen LogP contribution in [0.5, 0.6) is 0 Å². The number of amides is 1. The third kappa shape index (κ3) is 2.86. The Morgan fingerprint density at radius 3 is 2.54 bits per heavy atom. The summed E-state index contributed by atoms with van der Waals surface area (Å²) in [6.07, 6.45) is 1.11. The maximum absolute atomic E-state index is 12.6. The van der Waals surface area contributed by atoms with Gasteiger partial charge in [0, 0.05) is 6.20 Å². The van der Waals surface area contributed by atoms with E-state index in [1.54, 1.807) is 47.9 Å². The Morgan fingerprint density at radius 1 is 1.25 bits per heavy atom. The summed E-state index contributed by atoms with van der Waals surface area (Å²) in [7, 11) is 0. The van der Waals surface area contributed by atoms with E-state index in [1.807, 2.05) is 6.92 Å². The molecule has 0 bridgehead atoms. The zero-order chi connectivity index (χ0) is 17.4. The van der Waals surface area contributed by atoms with E-state index in [4.69, 9.17) is 23.2 Å². The van der Waals surface area contributed by atoms with Gasteiger partial charge in [0.05, 0.1) is 38.8 Å². The number of benzene rings is 1. The first-order valence-corrected chi connectivity index (χ1v) is 8.06. The van der Waals surface area contributed by atoms with Crippen LogP contribution < -0.4 is 5.32 Å². The van der Waals surface area contributed by atoms with E-state index in [-0.39, 0.29) is 15.6 Å². The molecule has 1 unspecified atom stereocenters. The number of carbonyl (C=O) groups is 1. The number of fused-ring (bicyclic) bond motifs is 1. The van der Waals surface area contributed by atoms with Gasteiger partial charge in [-0.15, -0.1) is 0 Å². The molecule has 2 N–H and O–H groups in total. The van der Waals surface area contributed by atoms with E-state index in [1.165, 1.54) is 0 Å². The molecular formula is C17H15Cl2N3O2. The smallest absolute Gasteiger partial charge is 0.258 e. The van der Waals surface area contributed by atoms with Gasteiger partial charge in [0.1, 0.15) is 0 Å². The van der Waals surface area contributed by atoms with Gasteiger partial charge < -0.3 is 10.4 Å². The largest absolute Gasteiger partial charge is 0.387 e. The van der Waals surface area contributed by atoms with Crippen molar-refractivity contribution >= 4 is 40.4 Å². The van der Waals surface area contributed by atoms with E-state index in [2.05, 4.69) is 10.3 Å². The van der Waals surface area contributed by atoms with E-state index < -0.39 is 12.0 Å². The van der Waals surface area contributed by atoms with Gasteiger partial charge in [0.15, 0.2) is 5.65 Å². The van der Waals surface area contributed by atoms with Gasteiger partial charge in [-0.3, -0.25) is 9.20 Å². The molecule has 0 radical (unpaired) electrons. The number of nitrogens with one attached hydrogen (secondary N) is 1. The Balaban J connectivity index is 2.05. The molecule has 0 saturated heterocycles. The van der Waals surface area contributed by atoms with Crippen molar-refractivity contribution in [2.45, 2.75) is 20.0 Å². The lowest BCUT2D eigenvalue weighted by atomic mass is 10.2. The normalized spacial score (nSPS) is 12.4. The number of aliphatic hydroxyl groups is 1. The summed E-state index contributed by atoms with van der Waals surface area (Å²) < 4.78 is 1.75. The molecule has 0 spiro atoms. The van der Waals surface area contributed by atoms with Gasteiger partial charge in [-0.1, -0.05) is 29.3 Å². The maximum atomic E-state index is 12.6. The van der Waals surface area contributed by atoms with Crippen molar-refractivity contribution in [3.8, 4) is 0 Å². The molecule has 2 heterocycles. The molecule has 1 atom stereocenters. The highest BCUT2D eigenvalue weighted by atomic mass is 35.5. The van der Waals surface area contributed by atoms with E-state index >= 15 is 0 Å². The SMILES string of the molecule is Cc1nc2c(NC(=O)c3c(Cl)cccc3Cl)cccn2c1C(C)O. The van der Waals surface area contributed by atoms with Crippen LogP contribution >= 0.6 is 23.2 Å². The first-order chi connectivity index (χ1) is 11.4. The van der Waals surface area contributed by atoms with Gasteiger partial charge in [-0.05, 0) is 38.1 Å². The number of halogens is 2. The van der Waals surface area contributed by atoms with Crippen LogP contribution in [0.2, 0.25) is 10.0 Å². The topological polar surface area (TPSA) is 66.6 Å². The predicted octanol–water partition coefficient (Wildman–Crippen LogP) is 4.26. The highest BCUT2D eigenvalue weighted by Gasteiger charge is 2.19. The fourth-order valence-electron chi connectivity index (χ4n) is 2.70. The van der Waals surface area contributed by atoms with Crippen molar-refractivity contribution in [1.29, 1.82) is 0 Å². The standard InChI is InChI=1S/C17H15Cl2N3O2/c1-9-15(10(2)23)22-8-4-7-13(16(22)20-9)21-17(24)14-11(18)5-3-6-12(14)19/h3-8,10,23H,1-2H3,(H,21,24). The minimum absolute atomic E-state index is 0.210. The number of nitrogens with zero attached hydrogens (tertiary/aromatic N) is 2. The Morgan fingerprint density at radius 2 is 1.92 bits per heavy atom. The first kappa shape index (κ1) is 16.8. The predicted molar refractivity (Wildman–Crippen MR) is 95.0 cm³/mol. The molecule has 2 aromatic heterocycles. The number of imidazole rings is 1. The second kappa shape index (κ2) is 6.43. The van der Waals surface area contributed by atoms with Crippen molar-refractivity contribution in [3.05, 3.63) is 63.5 Å². The molecule has 5 nitrogen and oxygen atoms in total. The highest BCUT2D eigenvalue weighted by molar-refractivity contribution is 6.40. The van der Waals surface area contributed by atoms with Crippen molar-refractivity contribution < 1.29 is 9.90 Å². The van der Waals surface area contributed by atoms with Crippen LogP contribution in [0.4, 0.5) is 5.69 Å². The minimum atomic E-state index is -0.677. The van der Waals surface area contributed by atoms with E-state index in [9.17, 15) is 9.90 Å². The lowest BCUT2D eigenvalue weighted by Gasteiger charge is -2.10. The molecule has 0 aliphatic rings. The fourth-order valence-corrected chi connectivity index (χ4v) is 3.27. The molecule has 0 aliphatic heterocycles. The average molecular weight is 364 g/mol. The van der Waals surface area contributed by atoms with Crippen molar-refractivity contribution in [1.82, 2.24) is 9.38 Å². The Hall–Kier alpha value is -2.08. The third-order valence-electron chi connectivity index (χ3n) is 3.70. The summed E-state index contributed by atoms with van der Waals surface area (Å²) >= 11 is 12.2. The number of rotatable bonds is 3. The number of aromatic nitrogens is 2. The number of pyridine rings is 1. The molecule has 0 aliphatic carbocycles. The Bertz CT molecular complexity index is 915. The molecule has 124 valence electrons. The summed E-state index contributed by atoms with van der Waals surface area (Å²) in [5, 5.41) is 13.3. The lowest BCUT2D eigenvalue weighted by Crippen LogP contribution is -2.14. The summed E-state index contributed by atoms with van der Waals surface area (Å²) in [5.74, 6) is -0.419. The summed E-state index contributed by atoms with van der Waals surface area (Å²) in [6, 6.07) is 8.39. The lowest BCUT2D eigenvalue weighted by molar-refractivity contribution is 0.102. The molecule has 3 aromatic rings. The van der Waals surface area contributed by atoms with Gasteiger partial charge in [0.2, 0.25) is 0 Å². The summed E-state index contributed by atoms with van der Waals surface area (Å²) in [4.78, 5) is 17.0. The average Bonchev–Trinajstić information content (AvgIpc) is 2.84. The number of hydrogen-bond donors (Lipinski definition) is 2. The quantitative estimate of drug-likeness (QED) is 0.730. The summed E-state index contributed by atoms with van der Waals surface area (Å²) in [5.41, 5.74) is 2.64. The number of hydrogen-bond acceptors (Lipinski definition) is 3.